The lowest BCUT2D eigenvalue weighted by Crippen LogP contribution is -2.47. The van der Waals surface area contributed by atoms with Gasteiger partial charge in [-0.1, -0.05) is 6.92 Å². The van der Waals surface area contributed by atoms with Crippen molar-refractivity contribution in [2.45, 2.75) is 31.9 Å². The summed E-state index contributed by atoms with van der Waals surface area (Å²) in [5, 5.41) is 2.50. The predicted molar refractivity (Wildman–Crippen MR) is 64.7 cm³/mol. The van der Waals surface area contributed by atoms with Gasteiger partial charge in [-0.05, 0) is 12.8 Å². The van der Waals surface area contributed by atoms with Crippen molar-refractivity contribution in [3.05, 3.63) is 0 Å². The number of hydrogen-bond donors (Lipinski definition) is 1. The number of methoxy groups -OCH3 is 1. The van der Waals surface area contributed by atoms with Crippen LogP contribution in [0.25, 0.3) is 0 Å². The Hall–Kier alpha value is -1.17. The molecule has 1 N–H and O–H groups in total. The largest absolute Gasteiger partial charge is 0.378 e. The summed E-state index contributed by atoms with van der Waals surface area (Å²) in [4.78, 5) is 24.4. The van der Waals surface area contributed by atoms with Crippen LogP contribution in [0.1, 0.15) is 19.8 Å². The number of halogens is 1. The first-order valence-corrected chi connectivity index (χ1v) is 6.23. The second-order valence-corrected chi connectivity index (χ2v) is 4.52. The van der Waals surface area contributed by atoms with Crippen molar-refractivity contribution < 1.29 is 18.7 Å². The lowest BCUT2D eigenvalue weighted by molar-refractivity contribution is -0.133. The third-order valence-electron chi connectivity index (χ3n) is 3.43. The molecular weight excluding hydrogens is 239 g/mol. The van der Waals surface area contributed by atoms with Crippen molar-refractivity contribution in [2.24, 2.45) is 5.92 Å². The molecule has 1 fully saturated rings. The molecule has 1 aliphatic rings. The summed E-state index contributed by atoms with van der Waals surface area (Å²) in [7, 11) is 1.53. The van der Waals surface area contributed by atoms with E-state index in [1.54, 1.807) is 11.8 Å². The number of hydrogen-bond acceptors (Lipinski definition) is 3. The van der Waals surface area contributed by atoms with Crippen LogP contribution in [0.2, 0.25) is 0 Å². The second kappa shape index (κ2) is 7.31. The highest BCUT2D eigenvalue weighted by Gasteiger charge is 2.36. The molecule has 18 heavy (non-hydrogen) atoms. The Morgan fingerprint density at radius 3 is 2.94 bits per heavy atom. The number of alkyl halides is 1. The smallest absolute Gasteiger partial charge is 0.225 e. The maximum atomic E-state index is 12.0. The van der Waals surface area contributed by atoms with Gasteiger partial charge >= 0.3 is 0 Å². The summed E-state index contributed by atoms with van der Waals surface area (Å²) in [5.74, 6) is -0.649. The van der Waals surface area contributed by atoms with Crippen molar-refractivity contribution in [1.29, 1.82) is 0 Å². The fourth-order valence-corrected chi connectivity index (χ4v) is 2.47. The molecule has 3 unspecified atom stereocenters. The summed E-state index contributed by atoms with van der Waals surface area (Å²) in [5.41, 5.74) is 0. The van der Waals surface area contributed by atoms with Gasteiger partial charge in [0.2, 0.25) is 12.3 Å². The van der Waals surface area contributed by atoms with Gasteiger partial charge in [0.1, 0.15) is 6.67 Å². The molecule has 1 rings (SSSR count). The first kappa shape index (κ1) is 14.9. The van der Waals surface area contributed by atoms with Crippen LogP contribution >= 0.6 is 0 Å². The Balaban J connectivity index is 2.64. The molecule has 3 atom stereocenters. The molecule has 0 aromatic rings. The van der Waals surface area contributed by atoms with Crippen LogP contribution in [0, 0.1) is 5.92 Å². The van der Waals surface area contributed by atoms with Crippen molar-refractivity contribution in [3.63, 3.8) is 0 Å². The molecule has 1 saturated heterocycles. The highest BCUT2D eigenvalue weighted by atomic mass is 19.1. The van der Waals surface area contributed by atoms with E-state index >= 15 is 0 Å². The number of nitrogens with zero attached hydrogens (tertiary/aromatic N) is 1. The molecule has 0 spiro atoms. The first-order valence-electron chi connectivity index (χ1n) is 6.23. The van der Waals surface area contributed by atoms with E-state index in [1.807, 2.05) is 0 Å². The summed E-state index contributed by atoms with van der Waals surface area (Å²) in [6.07, 6.45) is 2.20. The number of rotatable bonds is 7. The van der Waals surface area contributed by atoms with Crippen molar-refractivity contribution in [1.82, 2.24) is 10.2 Å². The molecule has 0 bridgehead atoms. The third kappa shape index (κ3) is 3.41. The summed E-state index contributed by atoms with van der Waals surface area (Å²) >= 11 is 0. The van der Waals surface area contributed by atoms with Gasteiger partial charge < -0.3 is 15.0 Å². The number of likely N-dealkylation sites (tertiary alicyclic amines) is 1. The minimum absolute atomic E-state index is 0.0155. The van der Waals surface area contributed by atoms with Crippen LogP contribution in [-0.4, -0.2) is 56.2 Å². The fraction of sp³-hybridized carbons (Fsp3) is 0.833. The standard InChI is InChI=1S/C12H21FN2O3/c1-9(12(17)14-6-5-13)11(18-2)10-4-3-7-15(10)8-16/h8-11H,3-7H2,1-2H3,(H,14,17). The Morgan fingerprint density at radius 2 is 2.39 bits per heavy atom. The molecule has 0 saturated carbocycles. The van der Waals surface area contributed by atoms with Gasteiger partial charge in [0.25, 0.3) is 0 Å². The minimum Gasteiger partial charge on any atom is -0.378 e. The van der Waals surface area contributed by atoms with Crippen LogP contribution < -0.4 is 5.32 Å². The Kier molecular flexibility index (Phi) is 6.04. The number of amides is 2. The number of carbonyl (C=O) groups is 2. The molecule has 6 heteroatoms. The average Bonchev–Trinajstić information content (AvgIpc) is 2.84. The number of nitrogens with one attached hydrogen (secondary N) is 1. The number of carbonyl (C=O) groups excluding carboxylic acids is 2. The minimum atomic E-state index is -0.583. The van der Waals surface area contributed by atoms with Gasteiger partial charge in [-0.2, -0.15) is 0 Å². The van der Waals surface area contributed by atoms with Crippen molar-refractivity contribution in [2.75, 3.05) is 26.9 Å². The van der Waals surface area contributed by atoms with E-state index in [0.717, 1.165) is 19.3 Å². The number of ether oxygens (including phenoxy) is 1. The maximum Gasteiger partial charge on any atom is 0.225 e. The molecule has 104 valence electrons. The van der Waals surface area contributed by atoms with Crippen LogP contribution in [0.5, 0.6) is 0 Å². The lowest BCUT2D eigenvalue weighted by Gasteiger charge is -2.31. The molecule has 2 amide bonds. The van der Waals surface area contributed by atoms with Crippen LogP contribution in [0.4, 0.5) is 4.39 Å². The molecule has 5 nitrogen and oxygen atoms in total. The van der Waals surface area contributed by atoms with Crippen LogP contribution in [0.3, 0.4) is 0 Å². The van der Waals surface area contributed by atoms with Crippen LogP contribution in [0.15, 0.2) is 0 Å². The van der Waals surface area contributed by atoms with E-state index in [1.165, 1.54) is 7.11 Å². The summed E-state index contributed by atoms with van der Waals surface area (Å²) < 4.78 is 17.4. The molecule has 0 radical (unpaired) electrons. The van der Waals surface area contributed by atoms with Gasteiger partial charge in [0.05, 0.1) is 18.1 Å². The molecule has 0 aromatic heterocycles. The lowest BCUT2D eigenvalue weighted by atomic mass is 9.95. The Morgan fingerprint density at radius 1 is 1.67 bits per heavy atom. The monoisotopic (exact) mass is 260 g/mol. The summed E-state index contributed by atoms with van der Waals surface area (Å²) in [6.45, 7) is 1.87. The zero-order valence-electron chi connectivity index (χ0n) is 10.9. The van der Waals surface area contributed by atoms with E-state index < -0.39 is 12.6 Å². The fourth-order valence-electron chi connectivity index (χ4n) is 2.47. The van der Waals surface area contributed by atoms with E-state index in [2.05, 4.69) is 5.32 Å². The quantitative estimate of drug-likeness (QED) is 0.672. The molecule has 0 aromatic carbocycles. The zero-order valence-corrected chi connectivity index (χ0v) is 10.9. The average molecular weight is 260 g/mol. The molecule has 1 heterocycles. The van der Waals surface area contributed by atoms with E-state index in [0.29, 0.717) is 6.54 Å². The summed E-state index contributed by atoms with van der Waals surface area (Å²) in [6, 6.07) is -0.0707. The van der Waals surface area contributed by atoms with E-state index in [4.69, 9.17) is 4.74 Å². The maximum absolute atomic E-state index is 12.0. The molecular formula is C12H21FN2O3. The predicted octanol–water partition coefficient (Wildman–Crippen LogP) is 0.344. The molecule has 1 aliphatic heterocycles. The van der Waals surface area contributed by atoms with Crippen molar-refractivity contribution >= 4 is 12.3 Å². The first-order chi connectivity index (χ1) is 8.65. The van der Waals surface area contributed by atoms with Gasteiger partial charge in [-0.15, -0.1) is 0 Å². The van der Waals surface area contributed by atoms with Crippen molar-refractivity contribution in [3.8, 4) is 0 Å². The highest BCUT2D eigenvalue weighted by molar-refractivity contribution is 5.79. The molecule has 0 aliphatic carbocycles. The second-order valence-electron chi connectivity index (χ2n) is 4.52. The Labute approximate surface area is 107 Å². The van der Waals surface area contributed by atoms with E-state index in [9.17, 15) is 14.0 Å². The van der Waals surface area contributed by atoms with Crippen LogP contribution in [-0.2, 0) is 14.3 Å². The van der Waals surface area contributed by atoms with E-state index in [-0.39, 0.29) is 24.6 Å². The SMILES string of the molecule is COC(C(C)C(=O)NCCF)C1CCCN1C=O. The van der Waals surface area contributed by atoms with Gasteiger partial charge in [-0.3, -0.25) is 9.59 Å². The van der Waals surface area contributed by atoms with Gasteiger partial charge in [-0.25, -0.2) is 4.39 Å². The topological polar surface area (TPSA) is 58.6 Å². The highest BCUT2D eigenvalue weighted by Crippen LogP contribution is 2.24. The zero-order chi connectivity index (χ0) is 13.5. The van der Waals surface area contributed by atoms with Gasteiger partial charge in [0, 0.05) is 20.2 Å². The third-order valence-corrected chi connectivity index (χ3v) is 3.43. The normalized spacial score (nSPS) is 22.6. The van der Waals surface area contributed by atoms with Gasteiger partial charge in [0.15, 0.2) is 0 Å². The Bertz CT molecular complexity index is 288.